The van der Waals surface area contributed by atoms with Gasteiger partial charge in [-0.1, -0.05) is 28.1 Å². The topological polar surface area (TPSA) is 26.0 Å². The fourth-order valence-electron chi connectivity index (χ4n) is 1.79. The van der Waals surface area contributed by atoms with E-state index in [1.165, 1.54) is 6.07 Å². The highest BCUT2D eigenvalue weighted by Crippen LogP contribution is 2.23. The molecule has 0 saturated carbocycles. The van der Waals surface area contributed by atoms with E-state index in [1.807, 2.05) is 24.3 Å². The van der Waals surface area contributed by atoms with Gasteiger partial charge in [0.15, 0.2) is 11.6 Å². The van der Waals surface area contributed by atoms with Crippen LogP contribution in [0.1, 0.15) is 5.56 Å². The van der Waals surface area contributed by atoms with Gasteiger partial charge in [0.25, 0.3) is 0 Å². The summed E-state index contributed by atoms with van der Waals surface area (Å²) in [7, 11) is 0. The van der Waals surface area contributed by atoms with Crippen LogP contribution in [0.5, 0.6) is 0 Å². The summed E-state index contributed by atoms with van der Waals surface area (Å²) in [6.07, 6.45) is 0.526. The Hall–Kier alpha value is -0.910. The molecule has 0 aliphatic carbocycles. The number of rotatable bonds is 5. The maximum absolute atomic E-state index is 13.1. The van der Waals surface area contributed by atoms with Crippen LogP contribution in [-0.4, -0.2) is 11.8 Å². The predicted molar refractivity (Wildman–Crippen MR) is 82.9 cm³/mol. The molecule has 0 spiro atoms. The van der Waals surface area contributed by atoms with E-state index in [1.54, 1.807) is 17.8 Å². The Kier molecular flexibility index (Phi) is 5.57. The van der Waals surface area contributed by atoms with Crippen LogP contribution in [0.3, 0.4) is 0 Å². The van der Waals surface area contributed by atoms with Crippen molar-refractivity contribution in [2.45, 2.75) is 17.4 Å². The molecule has 0 heterocycles. The molecular weight excluding hydrogens is 344 g/mol. The molecule has 0 amide bonds. The highest BCUT2D eigenvalue weighted by atomic mass is 79.9. The van der Waals surface area contributed by atoms with Gasteiger partial charge < -0.3 is 5.73 Å². The van der Waals surface area contributed by atoms with E-state index in [0.717, 1.165) is 21.2 Å². The first-order valence-corrected chi connectivity index (χ1v) is 7.90. The van der Waals surface area contributed by atoms with E-state index in [-0.39, 0.29) is 6.04 Å². The molecule has 1 atom stereocenters. The second-order valence-corrected chi connectivity index (χ2v) is 6.49. The van der Waals surface area contributed by atoms with Crippen molar-refractivity contribution in [2.24, 2.45) is 5.73 Å². The highest BCUT2D eigenvalue weighted by molar-refractivity contribution is 9.10. The van der Waals surface area contributed by atoms with Gasteiger partial charge in [-0.2, -0.15) is 0 Å². The summed E-state index contributed by atoms with van der Waals surface area (Å²) in [5.41, 5.74) is 6.75. The minimum Gasteiger partial charge on any atom is -0.327 e. The van der Waals surface area contributed by atoms with Crippen molar-refractivity contribution in [1.29, 1.82) is 0 Å². The summed E-state index contributed by atoms with van der Waals surface area (Å²) in [5, 5.41) is 0. The maximum Gasteiger partial charge on any atom is 0.159 e. The zero-order valence-electron chi connectivity index (χ0n) is 10.7. The molecular formula is C15H14BrF2NS. The van der Waals surface area contributed by atoms with Crippen LogP contribution < -0.4 is 5.73 Å². The minimum atomic E-state index is -0.828. The first kappa shape index (κ1) is 15.5. The lowest BCUT2D eigenvalue weighted by atomic mass is 10.1. The SMILES string of the molecule is NC(CSc1cccc(Br)c1)Cc1ccc(F)c(F)c1. The van der Waals surface area contributed by atoms with Crippen LogP contribution in [0.4, 0.5) is 8.78 Å². The number of thioether (sulfide) groups is 1. The monoisotopic (exact) mass is 357 g/mol. The van der Waals surface area contributed by atoms with Crippen molar-refractivity contribution in [3.63, 3.8) is 0 Å². The standard InChI is InChI=1S/C15H14BrF2NS/c16-11-2-1-3-13(8-11)20-9-12(19)6-10-4-5-14(17)15(18)7-10/h1-5,7-8,12H,6,9,19H2. The van der Waals surface area contributed by atoms with Crippen LogP contribution in [0.2, 0.25) is 0 Å². The molecule has 0 bridgehead atoms. The summed E-state index contributed by atoms with van der Waals surface area (Å²) in [5.74, 6) is -0.935. The molecule has 5 heteroatoms. The molecule has 20 heavy (non-hydrogen) atoms. The van der Waals surface area contributed by atoms with Crippen LogP contribution in [0.25, 0.3) is 0 Å². The van der Waals surface area contributed by atoms with Crippen LogP contribution >= 0.6 is 27.7 Å². The van der Waals surface area contributed by atoms with Crippen LogP contribution in [0.15, 0.2) is 51.8 Å². The van der Waals surface area contributed by atoms with Crippen molar-refractivity contribution < 1.29 is 8.78 Å². The summed E-state index contributed by atoms with van der Waals surface area (Å²) in [6.45, 7) is 0. The smallest absolute Gasteiger partial charge is 0.159 e. The third-order valence-electron chi connectivity index (χ3n) is 2.74. The molecule has 2 aromatic carbocycles. The maximum atomic E-state index is 13.1. The lowest BCUT2D eigenvalue weighted by molar-refractivity contribution is 0.506. The van der Waals surface area contributed by atoms with Gasteiger partial charge in [0.1, 0.15) is 0 Å². The molecule has 0 saturated heterocycles. The number of halogens is 3. The van der Waals surface area contributed by atoms with Gasteiger partial charge in [-0.05, 0) is 42.3 Å². The third-order valence-corrected chi connectivity index (χ3v) is 4.42. The molecule has 0 aliphatic rings. The summed E-state index contributed by atoms with van der Waals surface area (Å²) >= 11 is 5.06. The van der Waals surface area contributed by atoms with E-state index in [2.05, 4.69) is 15.9 Å². The molecule has 0 aliphatic heterocycles. The van der Waals surface area contributed by atoms with Gasteiger partial charge in [-0.25, -0.2) is 8.78 Å². The first-order chi connectivity index (χ1) is 9.54. The first-order valence-electron chi connectivity index (χ1n) is 6.12. The van der Waals surface area contributed by atoms with E-state index in [4.69, 9.17) is 5.73 Å². The molecule has 2 rings (SSSR count). The zero-order valence-corrected chi connectivity index (χ0v) is 13.1. The van der Waals surface area contributed by atoms with Gasteiger partial charge in [0.05, 0.1) is 0 Å². The quantitative estimate of drug-likeness (QED) is 0.803. The summed E-state index contributed by atoms with van der Waals surface area (Å²) in [4.78, 5) is 1.13. The van der Waals surface area contributed by atoms with Crippen molar-refractivity contribution >= 4 is 27.7 Å². The Balaban J connectivity index is 1.89. The Morgan fingerprint density at radius 1 is 1.10 bits per heavy atom. The largest absolute Gasteiger partial charge is 0.327 e. The number of hydrogen-bond donors (Lipinski definition) is 1. The molecule has 1 nitrogen and oxygen atoms in total. The Bertz CT molecular complexity index is 592. The van der Waals surface area contributed by atoms with Gasteiger partial charge in [-0.3, -0.25) is 0 Å². The third kappa shape index (κ3) is 4.58. The Morgan fingerprint density at radius 3 is 2.60 bits per heavy atom. The average molecular weight is 358 g/mol. The fourth-order valence-corrected chi connectivity index (χ4v) is 3.25. The van der Waals surface area contributed by atoms with E-state index >= 15 is 0 Å². The Morgan fingerprint density at radius 2 is 1.90 bits per heavy atom. The molecule has 1 unspecified atom stereocenters. The van der Waals surface area contributed by atoms with E-state index in [9.17, 15) is 8.78 Å². The lowest BCUT2D eigenvalue weighted by Gasteiger charge is -2.11. The van der Waals surface area contributed by atoms with Crippen LogP contribution in [0, 0.1) is 11.6 Å². The molecule has 0 aromatic heterocycles. The highest BCUT2D eigenvalue weighted by Gasteiger charge is 2.08. The normalized spacial score (nSPS) is 12.4. The fraction of sp³-hybridized carbons (Fsp3) is 0.200. The summed E-state index contributed by atoms with van der Waals surface area (Å²) < 4.78 is 27.0. The van der Waals surface area contributed by atoms with Crippen molar-refractivity contribution in [2.75, 3.05) is 5.75 Å². The summed E-state index contributed by atoms with van der Waals surface area (Å²) in [6, 6.07) is 11.8. The number of benzene rings is 2. The van der Waals surface area contributed by atoms with Crippen molar-refractivity contribution in [3.05, 3.63) is 64.1 Å². The Labute approximate surface area is 129 Å². The minimum absolute atomic E-state index is 0.108. The van der Waals surface area contributed by atoms with E-state index < -0.39 is 11.6 Å². The number of hydrogen-bond acceptors (Lipinski definition) is 2. The van der Waals surface area contributed by atoms with Crippen LogP contribution in [-0.2, 0) is 6.42 Å². The van der Waals surface area contributed by atoms with E-state index in [0.29, 0.717) is 12.0 Å². The van der Waals surface area contributed by atoms with Crippen molar-refractivity contribution in [3.8, 4) is 0 Å². The second kappa shape index (κ2) is 7.20. The molecule has 106 valence electrons. The molecule has 2 N–H and O–H groups in total. The second-order valence-electron chi connectivity index (χ2n) is 4.48. The predicted octanol–water partition coefficient (Wildman–Crippen LogP) is 4.39. The van der Waals surface area contributed by atoms with Gasteiger partial charge in [0, 0.05) is 21.2 Å². The lowest BCUT2D eigenvalue weighted by Crippen LogP contribution is -2.25. The number of nitrogens with two attached hydrogens (primary N) is 1. The molecule has 2 aromatic rings. The average Bonchev–Trinajstić information content (AvgIpc) is 2.41. The van der Waals surface area contributed by atoms with Gasteiger partial charge in [0.2, 0.25) is 0 Å². The van der Waals surface area contributed by atoms with Crippen molar-refractivity contribution in [1.82, 2.24) is 0 Å². The van der Waals surface area contributed by atoms with Gasteiger partial charge >= 0.3 is 0 Å². The molecule has 0 fully saturated rings. The van der Waals surface area contributed by atoms with Gasteiger partial charge in [-0.15, -0.1) is 11.8 Å². The zero-order chi connectivity index (χ0) is 14.5. The molecule has 0 radical (unpaired) electrons.